The van der Waals surface area contributed by atoms with Crippen LogP contribution in [0.25, 0.3) is 0 Å². The number of amides is 1. The van der Waals surface area contributed by atoms with E-state index in [1.54, 1.807) is 0 Å². The number of phenols is 1. The number of phenolic OH excluding ortho intramolecular Hbond substituents is 1. The molecule has 0 bridgehead atoms. The molecule has 0 spiro atoms. The number of hydrogen-bond acceptors (Lipinski definition) is 4. The van der Waals surface area contributed by atoms with Crippen LogP contribution in [0.15, 0.2) is 35.7 Å². The van der Waals surface area contributed by atoms with Gasteiger partial charge in [0, 0.05) is 4.88 Å². The predicted octanol–water partition coefficient (Wildman–Crippen LogP) is 2.33. The van der Waals surface area contributed by atoms with E-state index in [4.69, 9.17) is 5.11 Å². The molecule has 0 saturated carbocycles. The summed E-state index contributed by atoms with van der Waals surface area (Å²) in [5, 5.41) is 22.8. The molecular weight excluding hydrogens is 266 g/mol. The number of carbonyl (C=O) groups excluding carboxylic acids is 1. The largest absolute Gasteiger partial charge is 0.506 e. The minimum atomic E-state index is -1.13. The minimum Gasteiger partial charge on any atom is -0.506 e. The van der Waals surface area contributed by atoms with Crippen molar-refractivity contribution in [3.8, 4) is 5.75 Å². The molecule has 0 atom stereocenters. The van der Waals surface area contributed by atoms with Crippen molar-refractivity contribution < 1.29 is 19.8 Å². The zero-order valence-corrected chi connectivity index (χ0v) is 10.6. The third kappa shape index (κ3) is 3.32. The van der Waals surface area contributed by atoms with Crippen LogP contribution in [0.3, 0.4) is 0 Å². The molecule has 0 aliphatic rings. The summed E-state index contributed by atoms with van der Waals surface area (Å²) in [6.07, 6.45) is 0.220. The number of carbonyl (C=O) groups is 2. The van der Waals surface area contributed by atoms with Crippen molar-refractivity contribution in [2.45, 2.75) is 6.42 Å². The van der Waals surface area contributed by atoms with Gasteiger partial charge in [-0.3, -0.25) is 4.79 Å². The average Bonchev–Trinajstić information content (AvgIpc) is 2.84. The zero-order valence-electron chi connectivity index (χ0n) is 9.79. The van der Waals surface area contributed by atoms with Crippen LogP contribution in [0, 0.1) is 0 Å². The van der Waals surface area contributed by atoms with Gasteiger partial charge in [-0.25, -0.2) is 4.79 Å². The molecule has 5 nitrogen and oxygen atoms in total. The van der Waals surface area contributed by atoms with E-state index in [0.717, 1.165) is 10.9 Å². The molecule has 0 radical (unpaired) electrons. The van der Waals surface area contributed by atoms with Gasteiger partial charge in [0.05, 0.1) is 17.7 Å². The summed E-state index contributed by atoms with van der Waals surface area (Å²) >= 11 is 1.47. The monoisotopic (exact) mass is 277 g/mol. The van der Waals surface area contributed by atoms with Gasteiger partial charge in [-0.1, -0.05) is 6.07 Å². The highest BCUT2D eigenvalue weighted by atomic mass is 32.1. The lowest BCUT2D eigenvalue weighted by Crippen LogP contribution is -2.14. The van der Waals surface area contributed by atoms with Gasteiger partial charge in [0.1, 0.15) is 5.75 Å². The van der Waals surface area contributed by atoms with Gasteiger partial charge in [0.15, 0.2) is 0 Å². The van der Waals surface area contributed by atoms with E-state index < -0.39 is 5.97 Å². The number of thiophene rings is 1. The molecule has 0 fully saturated rings. The molecule has 2 aromatic rings. The number of aromatic carboxylic acids is 1. The second-order valence-corrected chi connectivity index (χ2v) is 4.87. The van der Waals surface area contributed by atoms with Crippen LogP contribution in [-0.4, -0.2) is 22.1 Å². The number of hydrogen-bond donors (Lipinski definition) is 3. The Hall–Kier alpha value is -2.34. The topological polar surface area (TPSA) is 86.6 Å². The van der Waals surface area contributed by atoms with Gasteiger partial charge < -0.3 is 15.5 Å². The first-order valence-electron chi connectivity index (χ1n) is 5.45. The fraction of sp³-hybridized carbons (Fsp3) is 0.0769. The smallest absolute Gasteiger partial charge is 0.335 e. The number of benzene rings is 1. The molecule has 0 aliphatic carbocycles. The second kappa shape index (κ2) is 5.53. The third-order valence-electron chi connectivity index (χ3n) is 2.43. The first-order chi connectivity index (χ1) is 9.06. The highest BCUT2D eigenvalue weighted by Gasteiger charge is 2.10. The highest BCUT2D eigenvalue weighted by Crippen LogP contribution is 2.24. The first kappa shape index (κ1) is 13.1. The predicted molar refractivity (Wildman–Crippen MR) is 71.7 cm³/mol. The Morgan fingerprint density at radius 1 is 1.26 bits per heavy atom. The van der Waals surface area contributed by atoms with Crippen molar-refractivity contribution in [2.75, 3.05) is 5.32 Å². The maximum Gasteiger partial charge on any atom is 0.335 e. The van der Waals surface area contributed by atoms with Crippen molar-refractivity contribution >= 4 is 28.9 Å². The van der Waals surface area contributed by atoms with Crippen LogP contribution < -0.4 is 5.32 Å². The molecule has 2 rings (SSSR count). The van der Waals surface area contributed by atoms with Gasteiger partial charge in [-0.2, -0.15) is 0 Å². The molecule has 1 amide bonds. The number of nitrogens with one attached hydrogen (secondary N) is 1. The molecule has 3 N–H and O–H groups in total. The van der Waals surface area contributed by atoms with E-state index in [2.05, 4.69) is 5.32 Å². The Labute approximate surface area is 113 Å². The van der Waals surface area contributed by atoms with Crippen LogP contribution >= 0.6 is 11.3 Å². The summed E-state index contributed by atoms with van der Waals surface area (Å²) in [6.45, 7) is 0. The van der Waals surface area contributed by atoms with E-state index in [9.17, 15) is 14.7 Å². The minimum absolute atomic E-state index is 0.0336. The number of anilines is 1. The first-order valence-corrected chi connectivity index (χ1v) is 6.33. The van der Waals surface area contributed by atoms with E-state index in [1.807, 2.05) is 17.5 Å². The van der Waals surface area contributed by atoms with Crippen molar-refractivity contribution in [3.63, 3.8) is 0 Å². The fourth-order valence-electron chi connectivity index (χ4n) is 1.54. The number of rotatable bonds is 4. The standard InChI is InChI=1S/C13H11NO4S/c15-11-6-8(13(17)18)3-4-10(11)14-12(16)7-9-2-1-5-19-9/h1-6,15H,7H2,(H,14,16)(H,17,18). The molecule has 0 aliphatic heterocycles. The maximum absolute atomic E-state index is 11.7. The molecule has 0 saturated heterocycles. The highest BCUT2D eigenvalue weighted by molar-refractivity contribution is 7.10. The molecule has 19 heavy (non-hydrogen) atoms. The molecule has 1 aromatic heterocycles. The van der Waals surface area contributed by atoms with E-state index in [0.29, 0.717) is 0 Å². The molecule has 1 aromatic carbocycles. The van der Waals surface area contributed by atoms with Crippen LogP contribution in [0.1, 0.15) is 15.2 Å². The normalized spacial score (nSPS) is 10.1. The van der Waals surface area contributed by atoms with Crippen molar-refractivity contribution in [3.05, 3.63) is 46.2 Å². The number of aromatic hydroxyl groups is 1. The lowest BCUT2D eigenvalue weighted by Gasteiger charge is -2.07. The Balaban J connectivity index is 2.07. The van der Waals surface area contributed by atoms with Gasteiger partial charge in [0.2, 0.25) is 5.91 Å². The van der Waals surface area contributed by atoms with Crippen LogP contribution in [0.4, 0.5) is 5.69 Å². The molecule has 98 valence electrons. The van der Waals surface area contributed by atoms with Crippen molar-refractivity contribution in [1.82, 2.24) is 0 Å². The summed E-state index contributed by atoms with van der Waals surface area (Å²) in [5.41, 5.74) is 0.167. The second-order valence-electron chi connectivity index (χ2n) is 3.84. The van der Waals surface area contributed by atoms with Gasteiger partial charge in [0.25, 0.3) is 0 Å². The van der Waals surface area contributed by atoms with Gasteiger partial charge in [-0.15, -0.1) is 11.3 Å². The van der Waals surface area contributed by atoms with Crippen molar-refractivity contribution in [1.29, 1.82) is 0 Å². The summed E-state index contributed by atoms with van der Waals surface area (Å²) in [4.78, 5) is 23.3. The van der Waals surface area contributed by atoms with E-state index in [-0.39, 0.29) is 29.3 Å². The van der Waals surface area contributed by atoms with Crippen LogP contribution in [-0.2, 0) is 11.2 Å². The Morgan fingerprint density at radius 2 is 2.05 bits per heavy atom. The number of carboxylic acids is 1. The molecular formula is C13H11NO4S. The van der Waals surface area contributed by atoms with E-state index in [1.165, 1.54) is 23.5 Å². The Bertz CT molecular complexity index is 607. The average molecular weight is 277 g/mol. The van der Waals surface area contributed by atoms with Gasteiger partial charge >= 0.3 is 5.97 Å². The lowest BCUT2D eigenvalue weighted by atomic mass is 10.2. The molecule has 6 heteroatoms. The van der Waals surface area contributed by atoms with Crippen molar-refractivity contribution in [2.24, 2.45) is 0 Å². The Kier molecular flexibility index (Phi) is 3.82. The van der Waals surface area contributed by atoms with Gasteiger partial charge in [-0.05, 0) is 29.6 Å². The van der Waals surface area contributed by atoms with E-state index >= 15 is 0 Å². The summed E-state index contributed by atoms with van der Waals surface area (Å²) in [6, 6.07) is 7.49. The maximum atomic E-state index is 11.7. The SMILES string of the molecule is O=C(Cc1cccs1)Nc1ccc(C(=O)O)cc1O. The quantitative estimate of drug-likeness (QED) is 0.749. The zero-order chi connectivity index (χ0) is 13.8. The Morgan fingerprint density at radius 3 is 2.63 bits per heavy atom. The third-order valence-corrected chi connectivity index (χ3v) is 3.31. The van der Waals surface area contributed by atoms with Crippen LogP contribution in [0.5, 0.6) is 5.75 Å². The molecule has 1 heterocycles. The lowest BCUT2D eigenvalue weighted by molar-refractivity contribution is -0.115. The fourth-order valence-corrected chi connectivity index (χ4v) is 2.24. The summed E-state index contributed by atoms with van der Waals surface area (Å²) in [7, 11) is 0. The number of carboxylic acid groups (broad SMARTS) is 1. The summed E-state index contributed by atoms with van der Waals surface area (Å²) < 4.78 is 0. The molecule has 0 unspecified atom stereocenters. The summed E-state index contributed by atoms with van der Waals surface area (Å²) in [5.74, 6) is -1.66. The van der Waals surface area contributed by atoms with Crippen LogP contribution in [0.2, 0.25) is 0 Å².